The highest BCUT2D eigenvalue weighted by atomic mass is 19.1. The molecule has 0 bridgehead atoms. The van der Waals surface area contributed by atoms with E-state index in [1.807, 2.05) is 18.2 Å². The number of carboxylic acid groups (broad SMARTS) is 1. The van der Waals surface area contributed by atoms with Crippen LogP contribution in [0.1, 0.15) is 36.2 Å². The molecule has 148 valence electrons. The summed E-state index contributed by atoms with van der Waals surface area (Å²) in [7, 11) is 0. The molecule has 0 aromatic heterocycles. The number of hydrogen-bond donors (Lipinski definition) is 1. The fourth-order valence-electron chi connectivity index (χ4n) is 2.63. The molecule has 2 atom stereocenters. The van der Waals surface area contributed by atoms with Gasteiger partial charge >= 0.3 is 11.9 Å². The van der Waals surface area contributed by atoms with Crippen molar-refractivity contribution >= 4 is 11.9 Å². The molecule has 3 rings (SSSR count). The van der Waals surface area contributed by atoms with Gasteiger partial charge in [0, 0.05) is 0 Å². The average Bonchev–Trinajstić information content (AvgIpc) is 3.51. The molecule has 1 aliphatic carbocycles. The second kappa shape index (κ2) is 9.43. The predicted octanol–water partition coefficient (Wildman–Crippen LogP) is 3.43. The van der Waals surface area contributed by atoms with Gasteiger partial charge in [-0.2, -0.15) is 0 Å². The number of carboxylic acids is 1. The molecular formula is C21H21FO6. The van der Waals surface area contributed by atoms with Gasteiger partial charge in [-0.1, -0.05) is 42.5 Å². The van der Waals surface area contributed by atoms with Crippen molar-refractivity contribution in [1.82, 2.24) is 0 Å². The van der Waals surface area contributed by atoms with Gasteiger partial charge in [0.05, 0.1) is 12.7 Å². The molecule has 0 aliphatic heterocycles. The molecule has 1 N–H and O–H groups in total. The maximum Gasteiger partial charge on any atom is 0.340 e. The first kappa shape index (κ1) is 20.0. The smallest absolute Gasteiger partial charge is 0.340 e. The Labute approximate surface area is 161 Å². The maximum atomic E-state index is 13.0. The average molecular weight is 388 g/mol. The van der Waals surface area contributed by atoms with Gasteiger partial charge in [-0.25, -0.2) is 14.0 Å². The molecule has 7 heteroatoms. The van der Waals surface area contributed by atoms with Crippen LogP contribution in [0, 0.1) is 5.82 Å². The Morgan fingerprint density at radius 1 is 0.964 bits per heavy atom. The number of rotatable bonds is 10. The van der Waals surface area contributed by atoms with Gasteiger partial charge in [0.1, 0.15) is 12.4 Å². The lowest BCUT2D eigenvalue weighted by molar-refractivity contribution is -0.162. The second-order valence-electron chi connectivity index (χ2n) is 6.43. The summed E-state index contributed by atoms with van der Waals surface area (Å²) in [4.78, 5) is 23.8. The first-order chi connectivity index (χ1) is 13.5. The first-order valence-corrected chi connectivity index (χ1v) is 9.01. The number of hydrogen-bond acceptors (Lipinski definition) is 5. The number of benzene rings is 2. The fraction of sp³-hybridized carbons (Fsp3) is 0.333. The zero-order valence-corrected chi connectivity index (χ0v) is 15.1. The van der Waals surface area contributed by atoms with Gasteiger partial charge in [-0.15, -0.1) is 0 Å². The predicted molar refractivity (Wildman–Crippen MR) is 97.0 cm³/mol. The molecule has 1 saturated carbocycles. The first-order valence-electron chi connectivity index (χ1n) is 9.01. The summed E-state index contributed by atoms with van der Waals surface area (Å²) in [6, 6.07) is 14.1. The minimum Gasteiger partial charge on any atom is -0.479 e. The summed E-state index contributed by atoms with van der Waals surface area (Å²) in [6.45, 7) is -0.244. The second-order valence-corrected chi connectivity index (χ2v) is 6.43. The normalized spacial score (nSPS) is 15.6. The van der Waals surface area contributed by atoms with E-state index in [1.54, 1.807) is 12.1 Å². The summed E-state index contributed by atoms with van der Waals surface area (Å²) in [6.07, 6.45) is -0.202. The number of aliphatic carboxylic acids is 1. The van der Waals surface area contributed by atoms with Gasteiger partial charge in [0.2, 0.25) is 0 Å². The monoisotopic (exact) mass is 388 g/mol. The third-order valence-electron chi connectivity index (χ3n) is 4.18. The lowest BCUT2D eigenvalue weighted by Gasteiger charge is -2.18. The topological polar surface area (TPSA) is 82.1 Å². The van der Waals surface area contributed by atoms with E-state index in [2.05, 4.69) is 0 Å². The third-order valence-corrected chi connectivity index (χ3v) is 4.18. The number of carbonyl (C=O) groups is 2. The standard InChI is InChI=1S/C21H21FO6/c22-16-8-6-15(7-9-16)18(20(23)24)26-12-13-27-21(25)19(28-17-10-11-17)14-4-2-1-3-5-14/h1-9,17-19H,10-13H2,(H,23,24)/t18-,19-/m0/s1. The molecule has 0 heterocycles. The Balaban J connectivity index is 1.52. The molecule has 0 radical (unpaired) electrons. The summed E-state index contributed by atoms with van der Waals surface area (Å²) >= 11 is 0. The number of carbonyl (C=O) groups excluding carboxylic acids is 1. The largest absolute Gasteiger partial charge is 0.479 e. The third kappa shape index (κ3) is 5.61. The summed E-state index contributed by atoms with van der Waals surface area (Å²) < 4.78 is 29.3. The van der Waals surface area contributed by atoms with Gasteiger partial charge < -0.3 is 19.3 Å². The number of halogens is 1. The lowest BCUT2D eigenvalue weighted by atomic mass is 10.1. The van der Waals surface area contributed by atoms with Gasteiger partial charge in [0.25, 0.3) is 0 Å². The summed E-state index contributed by atoms with van der Waals surface area (Å²) in [5.74, 6) is -2.23. The van der Waals surface area contributed by atoms with E-state index in [0.717, 1.165) is 25.0 Å². The van der Waals surface area contributed by atoms with E-state index in [0.29, 0.717) is 11.1 Å². The van der Waals surface area contributed by atoms with Crippen LogP contribution in [0.25, 0.3) is 0 Å². The van der Waals surface area contributed by atoms with E-state index in [9.17, 15) is 19.1 Å². The van der Waals surface area contributed by atoms with E-state index in [-0.39, 0.29) is 19.3 Å². The molecule has 0 unspecified atom stereocenters. The molecular weight excluding hydrogens is 367 g/mol. The van der Waals surface area contributed by atoms with Gasteiger partial charge in [-0.05, 0) is 36.1 Å². The molecule has 1 aliphatic rings. The van der Waals surface area contributed by atoms with Crippen LogP contribution in [0.3, 0.4) is 0 Å². The highest BCUT2D eigenvalue weighted by molar-refractivity contribution is 5.76. The van der Waals surface area contributed by atoms with E-state index >= 15 is 0 Å². The molecule has 6 nitrogen and oxygen atoms in total. The van der Waals surface area contributed by atoms with Crippen molar-refractivity contribution in [2.75, 3.05) is 13.2 Å². The Morgan fingerprint density at radius 2 is 1.61 bits per heavy atom. The minimum atomic E-state index is -1.27. The van der Waals surface area contributed by atoms with Gasteiger partial charge in [-0.3, -0.25) is 0 Å². The van der Waals surface area contributed by atoms with Crippen molar-refractivity contribution in [3.05, 3.63) is 71.5 Å². The molecule has 1 fully saturated rings. The van der Waals surface area contributed by atoms with Crippen LogP contribution < -0.4 is 0 Å². The molecule has 28 heavy (non-hydrogen) atoms. The summed E-state index contributed by atoms with van der Waals surface area (Å²) in [5, 5.41) is 9.30. The molecule has 2 aromatic carbocycles. The van der Waals surface area contributed by atoms with E-state index in [4.69, 9.17) is 14.2 Å². The Hall–Kier alpha value is -2.77. The van der Waals surface area contributed by atoms with Crippen LogP contribution >= 0.6 is 0 Å². The van der Waals surface area contributed by atoms with Crippen LogP contribution in [0.5, 0.6) is 0 Å². The molecule has 0 saturated heterocycles. The molecule has 0 spiro atoms. The van der Waals surface area contributed by atoms with E-state index in [1.165, 1.54) is 12.1 Å². The highest BCUT2D eigenvalue weighted by Crippen LogP contribution is 2.31. The Bertz CT molecular complexity index is 788. The molecule has 2 aromatic rings. The zero-order chi connectivity index (χ0) is 19.9. The minimum absolute atomic E-state index is 0.0591. The van der Waals surface area contributed by atoms with Crippen molar-refractivity contribution in [1.29, 1.82) is 0 Å². The van der Waals surface area contributed by atoms with Gasteiger partial charge in [0.15, 0.2) is 12.2 Å². The van der Waals surface area contributed by atoms with Crippen LogP contribution in [0.4, 0.5) is 4.39 Å². The number of esters is 1. The quantitative estimate of drug-likeness (QED) is 0.496. The van der Waals surface area contributed by atoms with Crippen molar-refractivity contribution in [3.8, 4) is 0 Å². The maximum absolute atomic E-state index is 13.0. The Kier molecular flexibility index (Phi) is 6.73. The van der Waals surface area contributed by atoms with Crippen LogP contribution in [-0.2, 0) is 23.8 Å². The Morgan fingerprint density at radius 3 is 2.21 bits per heavy atom. The molecule has 0 amide bonds. The van der Waals surface area contributed by atoms with Crippen molar-refractivity contribution < 1.29 is 33.3 Å². The van der Waals surface area contributed by atoms with Crippen LogP contribution in [0.15, 0.2) is 54.6 Å². The van der Waals surface area contributed by atoms with Crippen molar-refractivity contribution in [2.45, 2.75) is 31.2 Å². The van der Waals surface area contributed by atoms with Crippen molar-refractivity contribution in [3.63, 3.8) is 0 Å². The van der Waals surface area contributed by atoms with Crippen LogP contribution in [0.2, 0.25) is 0 Å². The fourth-order valence-corrected chi connectivity index (χ4v) is 2.63. The van der Waals surface area contributed by atoms with Crippen molar-refractivity contribution in [2.24, 2.45) is 0 Å². The number of ether oxygens (including phenoxy) is 3. The SMILES string of the molecule is O=C(O)[C@@H](OCCOC(=O)[C@@H](OC1CC1)c1ccccc1)c1ccc(F)cc1. The lowest BCUT2D eigenvalue weighted by Crippen LogP contribution is -2.23. The summed E-state index contributed by atoms with van der Waals surface area (Å²) in [5.41, 5.74) is 1.01. The zero-order valence-electron chi connectivity index (χ0n) is 15.1. The van der Waals surface area contributed by atoms with E-state index < -0.39 is 30.0 Å². The van der Waals surface area contributed by atoms with Crippen LogP contribution in [-0.4, -0.2) is 36.4 Å². The highest BCUT2D eigenvalue weighted by Gasteiger charge is 2.32.